The minimum atomic E-state index is -0.476. The molecule has 0 unspecified atom stereocenters. The standard InChI is InChI=1S/C6H6N2O2.CH2O2/c7-5-2-1-3-6(4-5)8(9)10;2-1-3/h1-4H,7H2;1H,(H,2,3). The highest BCUT2D eigenvalue weighted by atomic mass is 16.6. The Kier molecular flexibility index (Phi) is 4.63. The molecule has 0 radical (unpaired) electrons. The number of hydrogen-bond donors (Lipinski definition) is 2. The number of nitro benzene ring substituents is 1. The largest absolute Gasteiger partial charge is 0.483 e. The number of carboxylic acid groups (broad SMARTS) is 1. The Bertz CT molecular complexity index is 300. The molecule has 0 aliphatic rings. The van der Waals surface area contributed by atoms with Crippen LogP contribution in [0.2, 0.25) is 0 Å². The Morgan fingerprint density at radius 1 is 1.54 bits per heavy atom. The first kappa shape index (κ1) is 10.9. The lowest BCUT2D eigenvalue weighted by molar-refractivity contribution is -0.384. The molecule has 0 amide bonds. The van der Waals surface area contributed by atoms with Crippen LogP contribution in [0.25, 0.3) is 0 Å². The maximum atomic E-state index is 10.1. The summed E-state index contributed by atoms with van der Waals surface area (Å²) < 4.78 is 0. The topological polar surface area (TPSA) is 106 Å². The van der Waals surface area contributed by atoms with Crippen LogP contribution < -0.4 is 5.73 Å². The van der Waals surface area contributed by atoms with Gasteiger partial charge in [0.15, 0.2) is 0 Å². The molecule has 0 bridgehead atoms. The number of carbonyl (C=O) groups is 1. The zero-order chi connectivity index (χ0) is 10.3. The van der Waals surface area contributed by atoms with Gasteiger partial charge in [-0.3, -0.25) is 14.9 Å². The van der Waals surface area contributed by atoms with Gasteiger partial charge in [0, 0.05) is 17.8 Å². The molecule has 0 aliphatic carbocycles. The van der Waals surface area contributed by atoms with Gasteiger partial charge in [-0.2, -0.15) is 0 Å². The zero-order valence-corrected chi connectivity index (χ0v) is 6.58. The van der Waals surface area contributed by atoms with Gasteiger partial charge in [-0.1, -0.05) is 6.07 Å². The minimum absolute atomic E-state index is 0.0278. The van der Waals surface area contributed by atoms with Crippen LogP contribution in [0.5, 0.6) is 0 Å². The fraction of sp³-hybridized carbons (Fsp3) is 0. The van der Waals surface area contributed by atoms with E-state index in [2.05, 4.69) is 0 Å². The fourth-order valence-electron chi connectivity index (χ4n) is 0.638. The first-order valence-electron chi connectivity index (χ1n) is 3.19. The molecule has 6 heteroatoms. The molecule has 70 valence electrons. The van der Waals surface area contributed by atoms with Crippen LogP contribution in [0.15, 0.2) is 24.3 Å². The van der Waals surface area contributed by atoms with E-state index in [1.165, 1.54) is 12.1 Å². The van der Waals surface area contributed by atoms with Gasteiger partial charge < -0.3 is 10.8 Å². The molecule has 0 spiro atoms. The number of hydrogen-bond acceptors (Lipinski definition) is 4. The van der Waals surface area contributed by atoms with Gasteiger partial charge >= 0.3 is 0 Å². The molecule has 0 fully saturated rings. The van der Waals surface area contributed by atoms with Crippen LogP contribution in [-0.4, -0.2) is 16.5 Å². The smallest absolute Gasteiger partial charge is 0.290 e. The van der Waals surface area contributed by atoms with Gasteiger partial charge in [0.2, 0.25) is 0 Å². The van der Waals surface area contributed by atoms with Crippen molar-refractivity contribution in [2.45, 2.75) is 0 Å². The molecule has 13 heavy (non-hydrogen) atoms. The van der Waals surface area contributed by atoms with Crippen molar-refractivity contribution >= 4 is 17.8 Å². The normalized spacial score (nSPS) is 8.00. The van der Waals surface area contributed by atoms with Crippen LogP contribution in [0.3, 0.4) is 0 Å². The molecule has 6 nitrogen and oxygen atoms in total. The minimum Gasteiger partial charge on any atom is -0.483 e. The van der Waals surface area contributed by atoms with Crippen molar-refractivity contribution in [1.82, 2.24) is 0 Å². The van der Waals surface area contributed by atoms with E-state index < -0.39 is 4.92 Å². The summed E-state index contributed by atoms with van der Waals surface area (Å²) in [6.45, 7) is -0.250. The molecule has 1 aromatic carbocycles. The van der Waals surface area contributed by atoms with Crippen molar-refractivity contribution in [3.05, 3.63) is 34.4 Å². The molecule has 1 rings (SSSR count). The molecule has 0 saturated heterocycles. The van der Waals surface area contributed by atoms with E-state index in [9.17, 15) is 10.1 Å². The maximum Gasteiger partial charge on any atom is 0.290 e. The van der Waals surface area contributed by atoms with Crippen molar-refractivity contribution in [3.8, 4) is 0 Å². The number of nitrogen functional groups attached to an aromatic ring is 1. The van der Waals surface area contributed by atoms with Crippen molar-refractivity contribution in [1.29, 1.82) is 0 Å². The van der Waals surface area contributed by atoms with E-state index in [0.29, 0.717) is 5.69 Å². The summed E-state index contributed by atoms with van der Waals surface area (Å²) in [7, 11) is 0. The summed E-state index contributed by atoms with van der Waals surface area (Å²) in [6.07, 6.45) is 0. The van der Waals surface area contributed by atoms with Crippen molar-refractivity contribution in [2.75, 3.05) is 5.73 Å². The lowest BCUT2D eigenvalue weighted by atomic mass is 10.3. The molecular weight excluding hydrogens is 176 g/mol. The highest BCUT2D eigenvalue weighted by Crippen LogP contribution is 2.13. The highest BCUT2D eigenvalue weighted by molar-refractivity contribution is 5.46. The lowest BCUT2D eigenvalue weighted by Gasteiger charge is -1.90. The van der Waals surface area contributed by atoms with E-state index in [-0.39, 0.29) is 12.2 Å². The van der Waals surface area contributed by atoms with Crippen molar-refractivity contribution in [2.24, 2.45) is 0 Å². The average Bonchev–Trinajstić information content (AvgIpc) is 2.05. The molecule has 0 aromatic heterocycles. The van der Waals surface area contributed by atoms with E-state index in [1.807, 2.05) is 0 Å². The van der Waals surface area contributed by atoms with Crippen LogP contribution in [0, 0.1) is 10.1 Å². The Balaban J connectivity index is 0.000000424. The highest BCUT2D eigenvalue weighted by Gasteiger charge is 2.02. The Morgan fingerprint density at radius 2 is 2.08 bits per heavy atom. The lowest BCUT2D eigenvalue weighted by Crippen LogP contribution is -1.89. The predicted molar refractivity (Wildman–Crippen MR) is 46.2 cm³/mol. The van der Waals surface area contributed by atoms with Gasteiger partial charge in [-0.05, 0) is 6.07 Å². The third-order valence-electron chi connectivity index (χ3n) is 1.08. The number of rotatable bonds is 1. The molecule has 0 atom stereocenters. The van der Waals surface area contributed by atoms with Crippen LogP contribution in [0.4, 0.5) is 11.4 Å². The number of nitrogens with two attached hydrogens (primary N) is 1. The Morgan fingerprint density at radius 3 is 2.38 bits per heavy atom. The zero-order valence-electron chi connectivity index (χ0n) is 6.58. The summed E-state index contributed by atoms with van der Waals surface area (Å²) in [5.41, 5.74) is 5.73. The first-order valence-corrected chi connectivity index (χ1v) is 3.19. The van der Waals surface area contributed by atoms with Gasteiger partial charge in [-0.15, -0.1) is 0 Å². The van der Waals surface area contributed by atoms with Crippen molar-refractivity contribution < 1.29 is 14.8 Å². The van der Waals surface area contributed by atoms with Crippen LogP contribution >= 0.6 is 0 Å². The summed E-state index contributed by atoms with van der Waals surface area (Å²) >= 11 is 0. The summed E-state index contributed by atoms with van der Waals surface area (Å²) in [5, 5.41) is 17.0. The number of nitrogens with zero attached hydrogens (tertiary/aromatic N) is 1. The monoisotopic (exact) mass is 184 g/mol. The number of nitro groups is 1. The van der Waals surface area contributed by atoms with E-state index in [0.717, 1.165) is 0 Å². The van der Waals surface area contributed by atoms with Crippen LogP contribution in [-0.2, 0) is 4.79 Å². The third kappa shape index (κ3) is 4.35. The molecule has 0 saturated carbocycles. The van der Waals surface area contributed by atoms with Gasteiger partial charge in [-0.25, -0.2) is 0 Å². The maximum absolute atomic E-state index is 10.1. The Labute approximate surface area is 73.8 Å². The van der Waals surface area contributed by atoms with Gasteiger partial charge in [0.1, 0.15) is 0 Å². The van der Waals surface area contributed by atoms with Crippen LogP contribution in [0.1, 0.15) is 0 Å². The first-order chi connectivity index (χ1) is 6.11. The third-order valence-corrected chi connectivity index (χ3v) is 1.08. The second-order valence-electron chi connectivity index (χ2n) is 1.96. The Hall–Kier alpha value is -2.11. The quantitative estimate of drug-likeness (QED) is 0.291. The summed E-state index contributed by atoms with van der Waals surface area (Å²) in [6, 6.07) is 5.87. The molecule has 0 heterocycles. The van der Waals surface area contributed by atoms with E-state index in [1.54, 1.807) is 12.1 Å². The van der Waals surface area contributed by atoms with Gasteiger partial charge in [0.05, 0.1) is 4.92 Å². The van der Waals surface area contributed by atoms with Gasteiger partial charge in [0.25, 0.3) is 12.2 Å². The fourth-order valence-corrected chi connectivity index (χ4v) is 0.638. The summed E-state index contributed by atoms with van der Waals surface area (Å²) in [5.74, 6) is 0. The second kappa shape index (κ2) is 5.53. The van der Waals surface area contributed by atoms with Crippen molar-refractivity contribution in [3.63, 3.8) is 0 Å². The van der Waals surface area contributed by atoms with E-state index >= 15 is 0 Å². The second-order valence-corrected chi connectivity index (χ2v) is 1.96. The predicted octanol–water partition coefficient (Wildman–Crippen LogP) is 0.878. The summed E-state index contributed by atoms with van der Waals surface area (Å²) in [4.78, 5) is 18.0. The molecule has 1 aromatic rings. The number of benzene rings is 1. The number of non-ortho nitro benzene ring substituents is 1. The molecular formula is C7H8N2O4. The SMILES string of the molecule is Nc1cccc([N+](=O)[O-])c1.O=CO. The average molecular weight is 184 g/mol. The van der Waals surface area contributed by atoms with E-state index in [4.69, 9.17) is 15.6 Å². The molecule has 3 N–H and O–H groups in total. The molecule has 0 aliphatic heterocycles. The number of anilines is 1.